The fourth-order valence-electron chi connectivity index (χ4n) is 3.50. The van der Waals surface area contributed by atoms with Crippen molar-refractivity contribution in [2.75, 3.05) is 28.6 Å². The van der Waals surface area contributed by atoms with Gasteiger partial charge in [0.05, 0.1) is 6.42 Å². The second kappa shape index (κ2) is 9.44. The van der Waals surface area contributed by atoms with Crippen molar-refractivity contribution in [3.05, 3.63) is 71.2 Å². The summed E-state index contributed by atoms with van der Waals surface area (Å²) in [5, 5.41) is 4.97. The third kappa shape index (κ3) is 5.11. The van der Waals surface area contributed by atoms with Gasteiger partial charge in [0.15, 0.2) is 5.13 Å². The minimum Gasteiger partial charge on any atom is -0.372 e. The van der Waals surface area contributed by atoms with Gasteiger partial charge in [-0.15, -0.1) is 11.3 Å². The maximum atomic E-state index is 14.3. The minimum absolute atomic E-state index is 0.0170. The molecule has 4 rings (SSSR count). The van der Waals surface area contributed by atoms with Gasteiger partial charge in [0.1, 0.15) is 0 Å². The first-order valence-corrected chi connectivity index (χ1v) is 11.1. The molecule has 0 radical (unpaired) electrons. The highest BCUT2D eigenvalue weighted by Crippen LogP contribution is 2.30. The number of benzene rings is 2. The Bertz CT molecular complexity index is 1080. The van der Waals surface area contributed by atoms with Gasteiger partial charge in [-0.25, -0.2) is 4.98 Å². The molecule has 1 aromatic heterocycles. The maximum Gasteiger partial charge on any atom is 0.350 e. The number of anilines is 3. The third-order valence-electron chi connectivity index (χ3n) is 5.15. The fraction of sp³-hybridized carbons (Fsp3) is 0.261. The van der Waals surface area contributed by atoms with Crippen molar-refractivity contribution in [1.29, 1.82) is 0 Å². The maximum absolute atomic E-state index is 14.3. The fourth-order valence-corrected chi connectivity index (χ4v) is 4.30. The molecule has 0 saturated carbocycles. The summed E-state index contributed by atoms with van der Waals surface area (Å²) in [5.41, 5.74) is 1.42. The van der Waals surface area contributed by atoms with Gasteiger partial charge in [-0.1, -0.05) is 30.3 Å². The van der Waals surface area contributed by atoms with Gasteiger partial charge in [-0.05, 0) is 37.1 Å². The largest absolute Gasteiger partial charge is 0.372 e. The van der Waals surface area contributed by atoms with Crippen LogP contribution in [0.5, 0.6) is 0 Å². The standard InChI is InChI=1S/C23H22F2N4O2S/c24-23(25,16-6-2-1-3-7-16)21(31)28-22-26-15-19(32-22)14-20(30)27-17-8-10-18(11-9-17)29-12-4-5-13-29/h1-3,6-11,15H,4-5,12-14H2,(H,27,30)(H,26,28,31). The Morgan fingerprint density at radius 2 is 1.69 bits per heavy atom. The average molecular weight is 457 g/mol. The molecule has 1 aliphatic rings. The summed E-state index contributed by atoms with van der Waals surface area (Å²) in [6, 6.07) is 14.5. The lowest BCUT2D eigenvalue weighted by molar-refractivity contribution is -0.140. The van der Waals surface area contributed by atoms with Gasteiger partial charge in [-0.3, -0.25) is 14.9 Å². The molecule has 0 spiro atoms. The highest BCUT2D eigenvalue weighted by molar-refractivity contribution is 7.15. The summed E-state index contributed by atoms with van der Waals surface area (Å²) in [4.78, 5) is 31.2. The normalized spacial score (nSPS) is 13.8. The number of hydrogen-bond acceptors (Lipinski definition) is 5. The summed E-state index contributed by atoms with van der Waals surface area (Å²) in [6.07, 6.45) is 3.81. The molecular formula is C23H22F2N4O2S. The van der Waals surface area contributed by atoms with Crippen LogP contribution >= 0.6 is 11.3 Å². The number of thiazole rings is 1. The van der Waals surface area contributed by atoms with Gasteiger partial charge in [0, 0.05) is 41.1 Å². The van der Waals surface area contributed by atoms with Crippen LogP contribution < -0.4 is 15.5 Å². The van der Waals surface area contributed by atoms with Crippen molar-refractivity contribution in [3.8, 4) is 0 Å². The number of amides is 2. The molecule has 3 aromatic rings. The Morgan fingerprint density at radius 3 is 2.38 bits per heavy atom. The van der Waals surface area contributed by atoms with E-state index in [1.807, 2.05) is 24.3 Å². The molecule has 1 fully saturated rings. The molecular weight excluding hydrogens is 434 g/mol. The minimum atomic E-state index is -3.69. The molecule has 2 heterocycles. The molecule has 9 heteroatoms. The number of carbonyl (C=O) groups is 2. The Morgan fingerprint density at radius 1 is 1.00 bits per heavy atom. The van der Waals surface area contributed by atoms with E-state index in [-0.39, 0.29) is 17.5 Å². The lowest BCUT2D eigenvalue weighted by atomic mass is 10.1. The van der Waals surface area contributed by atoms with Gasteiger partial charge in [-0.2, -0.15) is 8.78 Å². The molecule has 1 aliphatic heterocycles. The van der Waals surface area contributed by atoms with Crippen LogP contribution in [-0.2, 0) is 21.9 Å². The molecule has 6 nitrogen and oxygen atoms in total. The predicted molar refractivity (Wildman–Crippen MR) is 121 cm³/mol. The Balaban J connectivity index is 1.31. The number of nitrogens with zero attached hydrogens (tertiary/aromatic N) is 2. The number of aromatic nitrogens is 1. The molecule has 32 heavy (non-hydrogen) atoms. The third-order valence-corrected chi connectivity index (χ3v) is 6.07. The number of rotatable bonds is 7. The lowest BCUT2D eigenvalue weighted by Gasteiger charge is -2.17. The summed E-state index contributed by atoms with van der Waals surface area (Å²) in [5.74, 6) is -5.41. The first-order chi connectivity index (χ1) is 15.4. The van der Waals surface area contributed by atoms with E-state index in [1.54, 1.807) is 6.07 Å². The van der Waals surface area contributed by atoms with E-state index in [2.05, 4.69) is 20.5 Å². The molecule has 0 bridgehead atoms. The summed E-state index contributed by atoms with van der Waals surface area (Å²) < 4.78 is 28.6. The zero-order chi connectivity index (χ0) is 22.6. The van der Waals surface area contributed by atoms with Crippen molar-refractivity contribution in [1.82, 2.24) is 4.98 Å². The smallest absolute Gasteiger partial charge is 0.350 e. The number of hydrogen-bond donors (Lipinski definition) is 2. The van der Waals surface area contributed by atoms with Crippen LogP contribution in [0.2, 0.25) is 0 Å². The Labute approximate surface area is 188 Å². The van der Waals surface area contributed by atoms with Crippen LogP contribution in [-0.4, -0.2) is 29.9 Å². The predicted octanol–water partition coefficient (Wildman–Crippen LogP) is 4.66. The molecule has 0 aliphatic carbocycles. The van der Waals surface area contributed by atoms with Crippen LogP contribution in [0.1, 0.15) is 23.3 Å². The highest BCUT2D eigenvalue weighted by Gasteiger charge is 2.41. The van der Waals surface area contributed by atoms with E-state index < -0.39 is 17.4 Å². The quantitative estimate of drug-likeness (QED) is 0.543. The summed E-state index contributed by atoms with van der Waals surface area (Å²) >= 11 is 0.987. The summed E-state index contributed by atoms with van der Waals surface area (Å²) in [6.45, 7) is 2.10. The van der Waals surface area contributed by atoms with Crippen molar-refractivity contribution < 1.29 is 18.4 Å². The Kier molecular flexibility index (Phi) is 6.45. The van der Waals surface area contributed by atoms with E-state index in [1.165, 1.54) is 43.3 Å². The van der Waals surface area contributed by atoms with E-state index in [9.17, 15) is 18.4 Å². The van der Waals surface area contributed by atoms with Crippen LogP contribution in [0.25, 0.3) is 0 Å². The van der Waals surface area contributed by atoms with Gasteiger partial charge < -0.3 is 10.2 Å². The van der Waals surface area contributed by atoms with Crippen molar-refractivity contribution in [2.24, 2.45) is 0 Å². The number of nitrogens with one attached hydrogen (secondary N) is 2. The number of halogens is 2. The highest BCUT2D eigenvalue weighted by atomic mass is 32.1. The second-order valence-electron chi connectivity index (χ2n) is 7.49. The molecule has 0 atom stereocenters. The number of alkyl halides is 2. The second-order valence-corrected chi connectivity index (χ2v) is 8.61. The van der Waals surface area contributed by atoms with E-state index >= 15 is 0 Å². The monoisotopic (exact) mass is 456 g/mol. The lowest BCUT2D eigenvalue weighted by Crippen LogP contribution is -2.32. The van der Waals surface area contributed by atoms with Crippen LogP contribution in [0.4, 0.5) is 25.3 Å². The van der Waals surface area contributed by atoms with Crippen molar-refractivity contribution in [2.45, 2.75) is 25.2 Å². The SMILES string of the molecule is O=C(Cc1cnc(NC(=O)C(F)(F)c2ccccc2)s1)Nc1ccc(N2CCCC2)cc1. The van der Waals surface area contributed by atoms with E-state index in [4.69, 9.17) is 0 Å². The molecule has 2 amide bonds. The molecule has 0 unspecified atom stereocenters. The molecule has 2 aromatic carbocycles. The summed E-state index contributed by atoms with van der Waals surface area (Å²) in [7, 11) is 0. The van der Waals surface area contributed by atoms with Crippen LogP contribution in [0.15, 0.2) is 60.8 Å². The van der Waals surface area contributed by atoms with E-state index in [0.717, 1.165) is 30.1 Å². The first-order valence-electron chi connectivity index (χ1n) is 10.3. The zero-order valence-corrected chi connectivity index (χ0v) is 18.0. The van der Waals surface area contributed by atoms with Gasteiger partial charge >= 0.3 is 11.8 Å². The van der Waals surface area contributed by atoms with Crippen LogP contribution in [0, 0.1) is 0 Å². The van der Waals surface area contributed by atoms with Crippen LogP contribution in [0.3, 0.4) is 0 Å². The average Bonchev–Trinajstić information content (AvgIpc) is 3.47. The van der Waals surface area contributed by atoms with Crippen molar-refractivity contribution in [3.63, 3.8) is 0 Å². The first kappa shape index (κ1) is 21.9. The number of carbonyl (C=O) groups excluding carboxylic acids is 2. The topological polar surface area (TPSA) is 74.3 Å². The molecule has 166 valence electrons. The van der Waals surface area contributed by atoms with Crippen molar-refractivity contribution >= 4 is 39.7 Å². The van der Waals surface area contributed by atoms with Gasteiger partial charge in [0.2, 0.25) is 5.91 Å². The van der Waals surface area contributed by atoms with E-state index in [0.29, 0.717) is 10.6 Å². The Hall–Kier alpha value is -3.33. The van der Waals surface area contributed by atoms with Gasteiger partial charge in [0.25, 0.3) is 0 Å². The molecule has 2 N–H and O–H groups in total. The zero-order valence-electron chi connectivity index (χ0n) is 17.2. The molecule has 1 saturated heterocycles.